The molecule has 0 amide bonds. The van der Waals surface area contributed by atoms with Crippen LogP contribution in [-0.2, 0) is 10.1 Å². The first-order valence-corrected chi connectivity index (χ1v) is 15.0. The molecule has 11 nitrogen and oxygen atoms in total. The number of H-pyrrole nitrogens is 2. The number of benzene rings is 4. The Morgan fingerprint density at radius 3 is 1.47 bits per heavy atom. The third-order valence-electron chi connectivity index (χ3n) is 7.81. The third kappa shape index (κ3) is 4.37. The van der Waals surface area contributed by atoms with Gasteiger partial charge in [-0.15, -0.1) is 0 Å². The predicted molar refractivity (Wildman–Crippen MR) is 162 cm³/mol. The number of hydrogen-bond donors (Lipinski definition) is 2. The summed E-state index contributed by atoms with van der Waals surface area (Å²) in [4.78, 5) is 35.4. The Bertz CT molecular complexity index is 2560. The molecule has 0 spiro atoms. The van der Waals surface area contributed by atoms with Gasteiger partial charge in [0.15, 0.2) is 29.1 Å². The molecule has 0 saturated heterocycles. The summed E-state index contributed by atoms with van der Waals surface area (Å²) < 4.78 is 35.9. The van der Waals surface area contributed by atoms with Crippen LogP contribution in [0.1, 0.15) is 0 Å². The monoisotopic (exact) mass is 616 g/mol. The molecule has 9 rings (SSSR count). The SMILES string of the molecule is O=S(=O)([O-])c1ccc2c3[nH]c4nc(nc5nc(nc6nc(nc([nH]3)c2c1)-c1ccccc1-6)-c1ccccc1-5)-c1ccccc1-4.[Na+]. The number of aromatic amines is 2. The average molecular weight is 617 g/mol. The van der Waals surface area contributed by atoms with Gasteiger partial charge in [-0.3, -0.25) is 0 Å². The number of nitrogens with one attached hydrogen (secondary N) is 2. The molecule has 8 bridgehead atoms. The van der Waals surface area contributed by atoms with E-state index in [1.54, 1.807) is 6.07 Å². The van der Waals surface area contributed by atoms with Gasteiger partial charge in [-0.05, 0) is 18.2 Å². The molecule has 2 N–H and O–H groups in total. The Morgan fingerprint density at radius 1 is 0.511 bits per heavy atom. The van der Waals surface area contributed by atoms with E-state index in [1.165, 1.54) is 12.1 Å². The molecule has 0 fully saturated rings. The molecule has 6 aromatic rings. The molecule has 0 radical (unpaired) electrons. The van der Waals surface area contributed by atoms with E-state index >= 15 is 0 Å². The summed E-state index contributed by atoms with van der Waals surface area (Å²) in [6.45, 7) is 0. The van der Waals surface area contributed by atoms with Crippen LogP contribution in [0.25, 0.3) is 90.4 Å². The molecule has 210 valence electrons. The molecule has 3 aliphatic heterocycles. The Labute approximate surface area is 277 Å². The minimum Gasteiger partial charge on any atom is -0.744 e. The van der Waals surface area contributed by atoms with Crippen LogP contribution in [0.4, 0.5) is 0 Å². The molecule has 0 saturated carbocycles. The van der Waals surface area contributed by atoms with E-state index in [1.807, 2.05) is 72.8 Å². The Hall–Kier alpha value is -4.85. The average Bonchev–Trinajstić information content (AvgIpc) is 3.76. The van der Waals surface area contributed by atoms with Crippen LogP contribution in [0.2, 0.25) is 0 Å². The van der Waals surface area contributed by atoms with Gasteiger partial charge >= 0.3 is 29.6 Å². The molecule has 2 aromatic heterocycles. The van der Waals surface area contributed by atoms with Crippen LogP contribution in [0.3, 0.4) is 0 Å². The molecule has 13 heteroatoms. The van der Waals surface area contributed by atoms with Gasteiger partial charge in [0.25, 0.3) is 0 Å². The standard InChI is InChI=1S/C32H18N8O3S.Na/c41-44(42,43)16-13-14-23-24(15-16)32-39-30-22-12-6-5-11-21(22)28(37-30)35-26-18-8-2-1-7-17(18)25(33-26)34-27-19-9-3-4-10-20(19)29(36-27)38-31(23)40-32;/h1-15H,(H,41,42,43)(H2,33,34,35,36,37,38,39,40);/q;+1/p-1. The largest absolute Gasteiger partial charge is 1.00 e. The number of fused-ring (bicyclic) bond motifs is 20. The van der Waals surface area contributed by atoms with E-state index in [0.29, 0.717) is 57.0 Å². The zero-order valence-corrected chi connectivity index (χ0v) is 26.3. The first-order valence-electron chi connectivity index (χ1n) is 13.6. The zero-order valence-electron chi connectivity index (χ0n) is 23.5. The van der Waals surface area contributed by atoms with Gasteiger partial charge in [0.05, 0.1) is 4.90 Å². The van der Waals surface area contributed by atoms with Crippen LogP contribution in [-0.4, -0.2) is 52.8 Å². The van der Waals surface area contributed by atoms with Gasteiger partial charge in [-0.2, -0.15) is 0 Å². The van der Waals surface area contributed by atoms with E-state index in [0.717, 1.165) is 33.4 Å². The molecule has 5 heterocycles. The van der Waals surface area contributed by atoms with Crippen molar-refractivity contribution in [2.45, 2.75) is 4.90 Å². The van der Waals surface area contributed by atoms with Crippen molar-refractivity contribution >= 4 is 32.2 Å². The summed E-state index contributed by atoms with van der Waals surface area (Å²) in [6, 6.07) is 27.2. The fraction of sp³-hybridized carbons (Fsp3) is 0. The topological polar surface area (TPSA) is 166 Å². The van der Waals surface area contributed by atoms with Crippen LogP contribution >= 0.6 is 0 Å². The molecule has 4 aromatic carbocycles. The van der Waals surface area contributed by atoms with Crippen molar-refractivity contribution < 1.29 is 42.5 Å². The molecule has 3 aliphatic rings. The normalized spacial score (nSPS) is 12.1. The van der Waals surface area contributed by atoms with Gasteiger partial charge in [0.2, 0.25) is 0 Å². The fourth-order valence-corrected chi connectivity index (χ4v) is 6.27. The summed E-state index contributed by atoms with van der Waals surface area (Å²) in [5, 5.41) is 1.03. The fourth-order valence-electron chi connectivity index (χ4n) is 5.78. The maximum Gasteiger partial charge on any atom is 1.00 e. The maximum absolute atomic E-state index is 12.0. The van der Waals surface area contributed by atoms with Crippen LogP contribution in [0, 0.1) is 0 Å². The second-order valence-electron chi connectivity index (χ2n) is 10.4. The van der Waals surface area contributed by atoms with Gasteiger partial charge in [0, 0.05) is 44.2 Å². The van der Waals surface area contributed by atoms with Crippen LogP contribution in [0.15, 0.2) is 95.9 Å². The maximum atomic E-state index is 12.0. The predicted octanol–water partition coefficient (Wildman–Crippen LogP) is 2.68. The molecule has 0 unspecified atom stereocenters. The van der Waals surface area contributed by atoms with Gasteiger partial charge in [-0.1, -0.05) is 72.8 Å². The Kier molecular flexibility index (Phi) is 6.21. The van der Waals surface area contributed by atoms with E-state index < -0.39 is 10.1 Å². The third-order valence-corrected chi connectivity index (χ3v) is 8.65. The molecule has 0 aliphatic carbocycles. The van der Waals surface area contributed by atoms with Crippen molar-refractivity contribution in [2.24, 2.45) is 0 Å². The number of aromatic nitrogens is 8. The summed E-state index contributed by atoms with van der Waals surface area (Å²) in [5.41, 5.74) is 5.64. The van der Waals surface area contributed by atoms with Crippen molar-refractivity contribution in [1.82, 2.24) is 39.9 Å². The van der Waals surface area contributed by atoms with Crippen molar-refractivity contribution in [3.05, 3.63) is 91.0 Å². The number of nitrogens with zero attached hydrogens (tertiary/aromatic N) is 6. The van der Waals surface area contributed by atoms with E-state index in [-0.39, 0.29) is 34.5 Å². The molecule has 0 atom stereocenters. The van der Waals surface area contributed by atoms with Crippen molar-refractivity contribution in [2.75, 3.05) is 0 Å². The molecular formula is C32H17N8NaO3S. The summed E-state index contributed by atoms with van der Waals surface area (Å²) in [5.74, 6) is 2.76. The number of hydrogen-bond acceptors (Lipinski definition) is 9. The van der Waals surface area contributed by atoms with Gasteiger partial charge in [-0.25, -0.2) is 38.3 Å². The summed E-state index contributed by atoms with van der Waals surface area (Å²) in [6.07, 6.45) is 0. The minimum atomic E-state index is -4.72. The second-order valence-corrected chi connectivity index (χ2v) is 11.8. The quantitative estimate of drug-likeness (QED) is 0.208. The Balaban J connectivity index is 0.00000300. The van der Waals surface area contributed by atoms with Crippen molar-refractivity contribution in [1.29, 1.82) is 0 Å². The molecular weight excluding hydrogens is 599 g/mol. The van der Waals surface area contributed by atoms with Gasteiger partial charge < -0.3 is 14.5 Å². The van der Waals surface area contributed by atoms with Crippen molar-refractivity contribution in [3.8, 4) is 68.3 Å². The smallest absolute Gasteiger partial charge is 0.744 e. The van der Waals surface area contributed by atoms with Crippen LogP contribution < -0.4 is 29.6 Å². The van der Waals surface area contributed by atoms with Gasteiger partial charge in [0.1, 0.15) is 27.2 Å². The van der Waals surface area contributed by atoms with E-state index in [9.17, 15) is 13.0 Å². The minimum absolute atomic E-state index is 0. The zero-order chi connectivity index (χ0) is 29.6. The Morgan fingerprint density at radius 2 is 0.956 bits per heavy atom. The van der Waals surface area contributed by atoms with Crippen LogP contribution in [0.5, 0.6) is 0 Å². The molecule has 45 heavy (non-hydrogen) atoms. The number of rotatable bonds is 1. The van der Waals surface area contributed by atoms with Crippen molar-refractivity contribution in [3.63, 3.8) is 0 Å². The summed E-state index contributed by atoms with van der Waals surface area (Å²) >= 11 is 0. The first kappa shape index (κ1) is 27.7. The summed E-state index contributed by atoms with van der Waals surface area (Å²) in [7, 11) is -4.72. The second kappa shape index (κ2) is 10.1. The van der Waals surface area contributed by atoms with E-state index in [4.69, 9.17) is 29.9 Å². The first-order chi connectivity index (χ1) is 21.4. The van der Waals surface area contributed by atoms with E-state index in [2.05, 4.69) is 9.97 Å².